The van der Waals surface area contributed by atoms with E-state index in [2.05, 4.69) is 31.2 Å². The van der Waals surface area contributed by atoms with Crippen LogP contribution in [-0.2, 0) is 0 Å². The van der Waals surface area contributed by atoms with Gasteiger partial charge < -0.3 is 0 Å². The van der Waals surface area contributed by atoms with Gasteiger partial charge in [0.25, 0.3) is 0 Å². The molecule has 1 aliphatic rings. The molecule has 0 aromatic carbocycles. The van der Waals surface area contributed by atoms with E-state index in [9.17, 15) is 0 Å². The molecule has 15 heavy (non-hydrogen) atoms. The number of hydrogen-bond acceptors (Lipinski definition) is 4. The highest BCUT2D eigenvalue weighted by Crippen LogP contribution is 2.31. The second-order valence-corrected chi connectivity index (χ2v) is 6.38. The first-order valence-corrected chi connectivity index (χ1v) is 7.45. The van der Waals surface area contributed by atoms with Crippen LogP contribution in [0.5, 0.6) is 0 Å². The number of hydrogen-bond donors (Lipinski definition) is 0. The highest BCUT2D eigenvalue weighted by molar-refractivity contribution is 7.99. The number of rotatable bonds is 2. The second kappa shape index (κ2) is 4.85. The Kier molecular flexibility index (Phi) is 3.69. The Morgan fingerprint density at radius 2 is 2.33 bits per heavy atom. The molecular weight excluding hydrogens is 224 g/mol. The van der Waals surface area contributed by atoms with E-state index in [1.807, 2.05) is 23.1 Å². The van der Waals surface area contributed by atoms with E-state index >= 15 is 0 Å². The van der Waals surface area contributed by atoms with Gasteiger partial charge in [-0.2, -0.15) is 11.8 Å². The summed E-state index contributed by atoms with van der Waals surface area (Å²) >= 11 is 3.87. The maximum absolute atomic E-state index is 4.75. The fourth-order valence-electron chi connectivity index (χ4n) is 1.67. The lowest BCUT2D eigenvalue weighted by Crippen LogP contribution is -2.32. The minimum Gasteiger partial charge on any atom is -0.296 e. The molecular formula is C11H18N2S2. The van der Waals surface area contributed by atoms with Gasteiger partial charge >= 0.3 is 0 Å². The molecule has 0 amide bonds. The number of aromatic nitrogens is 1. The van der Waals surface area contributed by atoms with E-state index in [1.165, 1.54) is 28.8 Å². The first-order valence-electron chi connectivity index (χ1n) is 5.42. The van der Waals surface area contributed by atoms with Gasteiger partial charge in [0.1, 0.15) is 5.01 Å². The fourth-order valence-corrected chi connectivity index (χ4v) is 4.14. The second-order valence-electron chi connectivity index (χ2n) is 4.34. The lowest BCUT2D eigenvalue weighted by Gasteiger charge is -2.30. The van der Waals surface area contributed by atoms with Crippen molar-refractivity contribution in [3.05, 3.63) is 16.1 Å². The molecule has 0 aliphatic carbocycles. The zero-order valence-electron chi connectivity index (χ0n) is 9.56. The average Bonchev–Trinajstić information content (AvgIpc) is 2.67. The van der Waals surface area contributed by atoms with Crippen LogP contribution < -0.4 is 0 Å². The van der Waals surface area contributed by atoms with Crippen LogP contribution in [0.3, 0.4) is 0 Å². The van der Waals surface area contributed by atoms with Crippen molar-refractivity contribution in [1.82, 2.24) is 9.88 Å². The van der Waals surface area contributed by atoms with Gasteiger partial charge in [-0.1, -0.05) is 13.8 Å². The third kappa shape index (κ3) is 2.55. The normalized spacial score (nSPS) is 23.6. The van der Waals surface area contributed by atoms with Crippen LogP contribution in [0.2, 0.25) is 0 Å². The third-order valence-corrected chi connectivity index (χ3v) is 4.80. The van der Waals surface area contributed by atoms with E-state index in [1.54, 1.807) is 0 Å². The van der Waals surface area contributed by atoms with Crippen LogP contribution in [-0.4, -0.2) is 35.0 Å². The van der Waals surface area contributed by atoms with Crippen molar-refractivity contribution >= 4 is 23.1 Å². The third-order valence-electron chi connectivity index (χ3n) is 2.81. The van der Waals surface area contributed by atoms with Crippen molar-refractivity contribution in [1.29, 1.82) is 0 Å². The van der Waals surface area contributed by atoms with E-state index < -0.39 is 0 Å². The van der Waals surface area contributed by atoms with E-state index in [4.69, 9.17) is 4.98 Å². The molecule has 1 saturated heterocycles. The molecule has 4 heteroatoms. The largest absolute Gasteiger partial charge is 0.296 e. The highest BCUT2D eigenvalue weighted by atomic mass is 32.2. The molecule has 1 aromatic rings. The van der Waals surface area contributed by atoms with Crippen LogP contribution in [0.25, 0.3) is 0 Å². The summed E-state index contributed by atoms with van der Waals surface area (Å²) in [4.78, 5) is 7.18. The van der Waals surface area contributed by atoms with Gasteiger partial charge in [0.2, 0.25) is 0 Å². The minimum absolute atomic E-state index is 0.543. The molecule has 0 radical (unpaired) electrons. The maximum Gasteiger partial charge on any atom is 0.111 e. The Balaban J connectivity index is 2.13. The molecule has 1 aromatic heterocycles. The van der Waals surface area contributed by atoms with Crippen molar-refractivity contribution in [2.24, 2.45) is 0 Å². The summed E-state index contributed by atoms with van der Waals surface area (Å²) in [6.07, 6.45) is 0. The zero-order chi connectivity index (χ0) is 10.8. The van der Waals surface area contributed by atoms with Gasteiger partial charge in [-0.3, -0.25) is 4.90 Å². The standard InChI is InChI=1S/C11H18N2S2/c1-8(2)9-6-15-11(12-9)10-7-14-5-4-13(10)3/h6,8,10H,4-5,7H2,1-3H3. The van der Waals surface area contributed by atoms with Crippen LogP contribution >= 0.6 is 23.1 Å². The Labute approximate surface area is 100 Å². The Morgan fingerprint density at radius 1 is 1.53 bits per heavy atom. The molecule has 2 rings (SSSR count). The van der Waals surface area contributed by atoms with Gasteiger partial charge in [0, 0.05) is 23.4 Å². The van der Waals surface area contributed by atoms with Crippen molar-refractivity contribution in [3.8, 4) is 0 Å². The van der Waals surface area contributed by atoms with Gasteiger partial charge in [-0.05, 0) is 13.0 Å². The minimum atomic E-state index is 0.543. The molecule has 1 aliphatic heterocycles. The molecule has 0 bridgehead atoms. The van der Waals surface area contributed by atoms with E-state index in [0.717, 1.165) is 0 Å². The van der Waals surface area contributed by atoms with Crippen LogP contribution in [0.1, 0.15) is 36.5 Å². The highest BCUT2D eigenvalue weighted by Gasteiger charge is 2.23. The topological polar surface area (TPSA) is 16.1 Å². The summed E-state index contributed by atoms with van der Waals surface area (Å²) in [7, 11) is 2.21. The summed E-state index contributed by atoms with van der Waals surface area (Å²) < 4.78 is 0. The lowest BCUT2D eigenvalue weighted by atomic mass is 10.2. The SMILES string of the molecule is CC(C)c1csc(C2CSCCN2C)n1. The molecule has 0 N–H and O–H groups in total. The lowest BCUT2D eigenvalue weighted by molar-refractivity contribution is 0.274. The predicted molar refractivity (Wildman–Crippen MR) is 68.9 cm³/mol. The first-order chi connectivity index (χ1) is 7.18. The molecule has 1 fully saturated rings. The van der Waals surface area contributed by atoms with Gasteiger partial charge in [0.05, 0.1) is 11.7 Å². The summed E-state index contributed by atoms with van der Waals surface area (Å²) in [5, 5.41) is 3.51. The molecule has 84 valence electrons. The Bertz CT molecular complexity index is 322. The van der Waals surface area contributed by atoms with Crippen molar-refractivity contribution in [3.63, 3.8) is 0 Å². The van der Waals surface area contributed by atoms with E-state index in [0.29, 0.717) is 12.0 Å². The summed E-state index contributed by atoms with van der Waals surface area (Å²) in [5.41, 5.74) is 1.25. The number of thiazole rings is 1. The van der Waals surface area contributed by atoms with Crippen molar-refractivity contribution in [2.45, 2.75) is 25.8 Å². The Morgan fingerprint density at radius 3 is 2.93 bits per heavy atom. The maximum atomic E-state index is 4.75. The monoisotopic (exact) mass is 242 g/mol. The molecule has 1 unspecified atom stereocenters. The quantitative estimate of drug-likeness (QED) is 0.793. The summed E-state index contributed by atoms with van der Waals surface area (Å²) in [6, 6.07) is 0.543. The van der Waals surface area contributed by atoms with Crippen LogP contribution in [0.15, 0.2) is 5.38 Å². The summed E-state index contributed by atoms with van der Waals surface area (Å²) in [5.74, 6) is 3.01. The molecule has 0 saturated carbocycles. The van der Waals surface area contributed by atoms with Gasteiger partial charge in [-0.15, -0.1) is 11.3 Å². The van der Waals surface area contributed by atoms with Crippen molar-refractivity contribution < 1.29 is 0 Å². The van der Waals surface area contributed by atoms with Crippen LogP contribution in [0.4, 0.5) is 0 Å². The van der Waals surface area contributed by atoms with Crippen LogP contribution in [0, 0.1) is 0 Å². The van der Waals surface area contributed by atoms with Gasteiger partial charge in [0.15, 0.2) is 0 Å². The Hall–Kier alpha value is -0.0600. The number of nitrogens with zero attached hydrogens (tertiary/aromatic N) is 2. The molecule has 0 spiro atoms. The molecule has 2 nitrogen and oxygen atoms in total. The zero-order valence-corrected chi connectivity index (χ0v) is 11.2. The average molecular weight is 242 g/mol. The smallest absolute Gasteiger partial charge is 0.111 e. The summed E-state index contributed by atoms with van der Waals surface area (Å²) in [6.45, 7) is 5.60. The molecule has 1 atom stereocenters. The number of thioether (sulfide) groups is 1. The van der Waals surface area contributed by atoms with Gasteiger partial charge in [-0.25, -0.2) is 4.98 Å². The first kappa shape index (κ1) is 11.4. The molecule has 2 heterocycles. The van der Waals surface area contributed by atoms with Crippen molar-refractivity contribution in [2.75, 3.05) is 25.1 Å². The fraction of sp³-hybridized carbons (Fsp3) is 0.727. The van der Waals surface area contributed by atoms with E-state index in [-0.39, 0.29) is 0 Å². The predicted octanol–water partition coefficient (Wildman–Crippen LogP) is 2.99.